The van der Waals surface area contributed by atoms with Gasteiger partial charge < -0.3 is 5.73 Å². The average Bonchev–Trinajstić information content (AvgIpc) is 3.27. The fourth-order valence-electron chi connectivity index (χ4n) is 3.62. The van der Waals surface area contributed by atoms with Crippen molar-refractivity contribution in [3.8, 4) is 0 Å². The van der Waals surface area contributed by atoms with Gasteiger partial charge in [0.1, 0.15) is 0 Å². The van der Waals surface area contributed by atoms with Crippen molar-refractivity contribution in [2.24, 2.45) is 5.73 Å². The van der Waals surface area contributed by atoms with E-state index < -0.39 is 25.6 Å². The number of sulfonamides is 2. The fraction of sp³-hybridized carbons (Fsp3) is 0.625. The SMILES string of the molecule is NCC1(NS(=O)(=O)c2cccc(S(=O)(=O)N3CCCC3)c2)CCCC1. The highest BCUT2D eigenvalue weighted by molar-refractivity contribution is 7.90. The molecule has 1 aliphatic carbocycles. The van der Waals surface area contributed by atoms with Crippen LogP contribution in [-0.2, 0) is 20.0 Å². The van der Waals surface area contributed by atoms with E-state index in [-0.39, 0.29) is 16.3 Å². The largest absolute Gasteiger partial charge is 0.329 e. The van der Waals surface area contributed by atoms with Gasteiger partial charge in [0.05, 0.1) is 9.79 Å². The van der Waals surface area contributed by atoms with Crippen LogP contribution in [0.15, 0.2) is 34.1 Å². The summed E-state index contributed by atoms with van der Waals surface area (Å²) in [4.78, 5) is -0.0157. The molecule has 1 saturated heterocycles. The van der Waals surface area contributed by atoms with E-state index in [1.807, 2.05) is 0 Å². The van der Waals surface area contributed by atoms with Gasteiger partial charge in [0.15, 0.2) is 0 Å². The van der Waals surface area contributed by atoms with Gasteiger partial charge >= 0.3 is 0 Å². The summed E-state index contributed by atoms with van der Waals surface area (Å²) in [6.45, 7) is 1.19. The van der Waals surface area contributed by atoms with Crippen LogP contribution in [-0.4, -0.2) is 46.3 Å². The summed E-state index contributed by atoms with van der Waals surface area (Å²) in [5.74, 6) is 0. The summed E-state index contributed by atoms with van der Waals surface area (Å²) >= 11 is 0. The number of nitrogens with zero attached hydrogens (tertiary/aromatic N) is 1. The molecule has 3 N–H and O–H groups in total. The Morgan fingerprint density at radius 2 is 1.60 bits per heavy atom. The van der Waals surface area contributed by atoms with E-state index in [4.69, 9.17) is 5.73 Å². The Hall–Kier alpha value is -1.00. The molecule has 3 rings (SSSR count). The molecule has 140 valence electrons. The van der Waals surface area contributed by atoms with Crippen LogP contribution in [0, 0.1) is 0 Å². The lowest BCUT2D eigenvalue weighted by molar-refractivity contribution is 0.399. The zero-order valence-electron chi connectivity index (χ0n) is 14.1. The van der Waals surface area contributed by atoms with Crippen LogP contribution in [0.1, 0.15) is 38.5 Å². The predicted molar refractivity (Wildman–Crippen MR) is 95.0 cm³/mol. The summed E-state index contributed by atoms with van der Waals surface area (Å²) in [6.07, 6.45) is 4.94. The number of benzene rings is 1. The molecule has 25 heavy (non-hydrogen) atoms. The van der Waals surface area contributed by atoms with Gasteiger partial charge in [-0.3, -0.25) is 0 Å². The third kappa shape index (κ3) is 3.75. The van der Waals surface area contributed by atoms with Gasteiger partial charge in [0, 0.05) is 25.2 Å². The number of nitrogens with two attached hydrogens (primary N) is 1. The van der Waals surface area contributed by atoms with Crippen molar-refractivity contribution in [2.45, 2.75) is 53.9 Å². The van der Waals surface area contributed by atoms with Crippen LogP contribution in [0.25, 0.3) is 0 Å². The molecule has 1 aromatic carbocycles. The Bertz CT molecular complexity index is 825. The Morgan fingerprint density at radius 3 is 2.20 bits per heavy atom. The van der Waals surface area contributed by atoms with Crippen molar-refractivity contribution >= 4 is 20.0 Å². The first-order valence-electron chi connectivity index (χ1n) is 8.63. The maximum atomic E-state index is 12.8. The lowest BCUT2D eigenvalue weighted by Crippen LogP contribution is -2.51. The number of hydrogen-bond donors (Lipinski definition) is 2. The molecule has 0 amide bonds. The second-order valence-electron chi connectivity index (χ2n) is 6.88. The summed E-state index contributed by atoms with van der Waals surface area (Å²) in [5, 5.41) is 0. The van der Waals surface area contributed by atoms with Gasteiger partial charge in [-0.25, -0.2) is 21.6 Å². The number of hydrogen-bond acceptors (Lipinski definition) is 5. The first-order chi connectivity index (χ1) is 11.8. The molecular formula is C16H25N3O4S2. The summed E-state index contributed by atoms with van der Waals surface area (Å²) in [7, 11) is -7.49. The fourth-order valence-corrected chi connectivity index (χ4v) is 6.78. The van der Waals surface area contributed by atoms with Crippen molar-refractivity contribution in [1.29, 1.82) is 0 Å². The molecule has 1 saturated carbocycles. The van der Waals surface area contributed by atoms with Crippen LogP contribution in [0.4, 0.5) is 0 Å². The first-order valence-corrected chi connectivity index (χ1v) is 11.6. The highest BCUT2D eigenvalue weighted by Gasteiger charge is 2.37. The lowest BCUT2D eigenvalue weighted by Gasteiger charge is -2.28. The lowest BCUT2D eigenvalue weighted by atomic mass is 10.0. The molecule has 0 spiro atoms. The van der Waals surface area contributed by atoms with E-state index >= 15 is 0 Å². The minimum atomic E-state index is -3.83. The van der Waals surface area contributed by atoms with Gasteiger partial charge in [0.2, 0.25) is 20.0 Å². The Balaban J connectivity index is 1.90. The predicted octanol–water partition coefficient (Wildman–Crippen LogP) is 1.02. The molecule has 1 heterocycles. The van der Waals surface area contributed by atoms with E-state index in [1.54, 1.807) is 0 Å². The van der Waals surface area contributed by atoms with Crippen LogP contribution < -0.4 is 10.5 Å². The third-order valence-electron chi connectivity index (χ3n) is 5.12. The minimum absolute atomic E-state index is 0.0190. The molecule has 0 aromatic heterocycles. The normalized spacial score (nSPS) is 21.6. The monoisotopic (exact) mass is 387 g/mol. The molecule has 0 bridgehead atoms. The Labute approximate surface area is 149 Å². The van der Waals surface area contributed by atoms with E-state index in [0.29, 0.717) is 25.9 Å². The number of rotatable bonds is 6. The zero-order valence-corrected chi connectivity index (χ0v) is 15.8. The maximum Gasteiger partial charge on any atom is 0.243 e. The van der Waals surface area contributed by atoms with Crippen LogP contribution in [0.3, 0.4) is 0 Å². The summed E-state index contributed by atoms with van der Waals surface area (Å²) < 4.78 is 55.0. The molecule has 1 aromatic rings. The second kappa shape index (κ2) is 6.96. The molecule has 2 aliphatic rings. The van der Waals surface area contributed by atoms with Gasteiger partial charge in [-0.2, -0.15) is 4.31 Å². The quantitative estimate of drug-likeness (QED) is 0.757. The van der Waals surface area contributed by atoms with Crippen molar-refractivity contribution in [2.75, 3.05) is 19.6 Å². The summed E-state index contributed by atoms with van der Waals surface area (Å²) in [5.41, 5.74) is 5.18. The molecule has 9 heteroatoms. The Morgan fingerprint density at radius 1 is 1.00 bits per heavy atom. The smallest absolute Gasteiger partial charge is 0.243 e. The highest BCUT2D eigenvalue weighted by atomic mass is 32.2. The van der Waals surface area contributed by atoms with Crippen molar-refractivity contribution in [1.82, 2.24) is 9.03 Å². The molecule has 0 unspecified atom stereocenters. The van der Waals surface area contributed by atoms with Gasteiger partial charge in [-0.15, -0.1) is 0 Å². The standard InChI is InChI=1S/C16H25N3O4S2/c17-13-16(8-1-2-9-16)18-24(20,21)14-6-5-7-15(12-14)25(22,23)19-10-3-4-11-19/h5-7,12,18H,1-4,8-11,13,17H2. The molecular weight excluding hydrogens is 362 g/mol. The topological polar surface area (TPSA) is 110 Å². The Kier molecular flexibility index (Phi) is 5.23. The molecule has 1 aliphatic heterocycles. The van der Waals surface area contributed by atoms with E-state index in [0.717, 1.165) is 25.7 Å². The molecule has 2 fully saturated rings. The third-order valence-corrected chi connectivity index (χ3v) is 8.59. The number of nitrogens with one attached hydrogen (secondary N) is 1. The second-order valence-corrected chi connectivity index (χ2v) is 10.5. The molecule has 0 radical (unpaired) electrons. The average molecular weight is 388 g/mol. The van der Waals surface area contributed by atoms with Gasteiger partial charge in [0.25, 0.3) is 0 Å². The van der Waals surface area contributed by atoms with Crippen molar-refractivity contribution in [3.05, 3.63) is 24.3 Å². The van der Waals surface area contributed by atoms with E-state index in [1.165, 1.54) is 28.6 Å². The molecule has 7 nitrogen and oxygen atoms in total. The van der Waals surface area contributed by atoms with E-state index in [2.05, 4.69) is 4.72 Å². The van der Waals surface area contributed by atoms with E-state index in [9.17, 15) is 16.8 Å². The van der Waals surface area contributed by atoms with Crippen LogP contribution in [0.2, 0.25) is 0 Å². The van der Waals surface area contributed by atoms with Crippen molar-refractivity contribution < 1.29 is 16.8 Å². The highest BCUT2D eigenvalue weighted by Crippen LogP contribution is 2.31. The maximum absolute atomic E-state index is 12.8. The summed E-state index contributed by atoms with van der Waals surface area (Å²) in [6, 6.07) is 5.59. The van der Waals surface area contributed by atoms with Gasteiger partial charge in [-0.05, 0) is 43.9 Å². The van der Waals surface area contributed by atoms with Crippen LogP contribution in [0.5, 0.6) is 0 Å². The van der Waals surface area contributed by atoms with Crippen molar-refractivity contribution in [3.63, 3.8) is 0 Å². The van der Waals surface area contributed by atoms with Crippen LogP contribution >= 0.6 is 0 Å². The molecule has 0 atom stereocenters. The van der Waals surface area contributed by atoms with Gasteiger partial charge in [-0.1, -0.05) is 18.9 Å². The zero-order chi connectivity index (χ0) is 18.1. The minimum Gasteiger partial charge on any atom is -0.329 e. The first kappa shape index (κ1) is 18.8.